The van der Waals surface area contributed by atoms with Gasteiger partial charge in [0.1, 0.15) is 10.6 Å². The first-order chi connectivity index (χ1) is 15.2. The molecule has 1 aliphatic heterocycles. The molecule has 1 atom stereocenters. The van der Waals surface area contributed by atoms with Crippen molar-refractivity contribution in [3.63, 3.8) is 0 Å². The minimum absolute atomic E-state index is 0.00378. The van der Waals surface area contributed by atoms with E-state index in [0.29, 0.717) is 25.3 Å². The van der Waals surface area contributed by atoms with Crippen molar-refractivity contribution in [3.05, 3.63) is 58.6 Å². The Kier molecular flexibility index (Phi) is 8.03. The van der Waals surface area contributed by atoms with Crippen LogP contribution in [0.25, 0.3) is 0 Å². The van der Waals surface area contributed by atoms with Crippen LogP contribution >= 0.6 is 11.6 Å². The van der Waals surface area contributed by atoms with Crippen LogP contribution in [0.3, 0.4) is 0 Å². The van der Waals surface area contributed by atoms with Crippen molar-refractivity contribution < 1.29 is 22.1 Å². The molecule has 0 radical (unpaired) electrons. The van der Waals surface area contributed by atoms with Crippen molar-refractivity contribution in [1.82, 2.24) is 10.2 Å². The number of urea groups is 1. The maximum atomic E-state index is 12.8. The summed E-state index contributed by atoms with van der Waals surface area (Å²) in [5.74, 6) is 0.156. The molecule has 1 saturated heterocycles. The lowest BCUT2D eigenvalue weighted by atomic mass is 10.2. The number of carbonyl (C=O) groups excluding carboxylic acids is 1. The molecule has 32 heavy (non-hydrogen) atoms. The first kappa shape index (κ1) is 24.4. The quantitative estimate of drug-likeness (QED) is 0.561. The van der Waals surface area contributed by atoms with E-state index < -0.39 is 10.1 Å². The minimum Gasteiger partial charge on any atom is -0.379 e. The summed E-state index contributed by atoms with van der Waals surface area (Å²) in [4.78, 5) is 14.4. The summed E-state index contributed by atoms with van der Waals surface area (Å²) in [7, 11) is -4.12. The van der Waals surface area contributed by atoms with E-state index in [-0.39, 0.29) is 33.8 Å². The number of ether oxygens (including phenoxy) is 1. The van der Waals surface area contributed by atoms with Gasteiger partial charge in [-0.25, -0.2) is 4.79 Å². The molecule has 0 aromatic heterocycles. The number of nitrogens with one attached hydrogen (secondary N) is 1. The highest BCUT2D eigenvalue weighted by molar-refractivity contribution is 7.87. The van der Waals surface area contributed by atoms with Gasteiger partial charge in [0, 0.05) is 25.7 Å². The molecule has 1 heterocycles. The van der Waals surface area contributed by atoms with Crippen molar-refractivity contribution in [2.75, 3.05) is 13.2 Å². The van der Waals surface area contributed by atoms with Gasteiger partial charge in [-0.3, -0.25) is 0 Å². The number of aryl methyl sites for hydroxylation is 1. The Hall–Kier alpha value is -2.29. The second-order valence-electron chi connectivity index (χ2n) is 8.19. The topological polar surface area (TPSA) is 84.9 Å². The number of rotatable bonds is 8. The van der Waals surface area contributed by atoms with Crippen LogP contribution in [0.4, 0.5) is 4.79 Å². The summed E-state index contributed by atoms with van der Waals surface area (Å²) >= 11 is 6.12. The zero-order valence-corrected chi connectivity index (χ0v) is 20.1. The molecule has 174 valence electrons. The molecule has 1 N–H and O–H groups in total. The fourth-order valence-electron chi connectivity index (χ4n) is 3.61. The van der Waals surface area contributed by atoms with E-state index in [2.05, 4.69) is 5.32 Å². The fourth-order valence-corrected chi connectivity index (χ4v) is 5.32. The molecule has 0 spiro atoms. The monoisotopic (exact) mass is 480 g/mol. The van der Waals surface area contributed by atoms with E-state index in [1.807, 2.05) is 19.9 Å². The van der Waals surface area contributed by atoms with Crippen LogP contribution in [0.15, 0.2) is 47.4 Å². The van der Waals surface area contributed by atoms with E-state index in [1.54, 1.807) is 42.2 Å². The van der Waals surface area contributed by atoms with E-state index in [4.69, 9.17) is 20.5 Å². The lowest BCUT2D eigenvalue weighted by Crippen LogP contribution is -2.45. The molecule has 1 unspecified atom stereocenters. The van der Waals surface area contributed by atoms with Gasteiger partial charge in [-0.2, -0.15) is 8.42 Å². The maximum Gasteiger partial charge on any atom is 0.340 e. The van der Waals surface area contributed by atoms with Crippen LogP contribution in [-0.2, 0) is 21.4 Å². The summed E-state index contributed by atoms with van der Waals surface area (Å²) in [5.41, 5.74) is 1.24. The molecule has 2 amide bonds. The number of hydrogen-bond donors (Lipinski definition) is 1. The van der Waals surface area contributed by atoms with Gasteiger partial charge in [0.15, 0.2) is 0 Å². The highest BCUT2D eigenvalue weighted by atomic mass is 35.5. The lowest BCUT2D eigenvalue weighted by Gasteiger charge is -2.27. The zero-order valence-electron chi connectivity index (χ0n) is 18.5. The summed E-state index contributed by atoms with van der Waals surface area (Å²) in [6, 6.07) is 11.4. The summed E-state index contributed by atoms with van der Waals surface area (Å²) in [5, 5.41) is 3.02. The predicted molar refractivity (Wildman–Crippen MR) is 123 cm³/mol. The van der Waals surface area contributed by atoms with Crippen molar-refractivity contribution in [1.29, 1.82) is 0 Å². The maximum absolute atomic E-state index is 12.8. The Balaban J connectivity index is 1.79. The Bertz CT molecular complexity index is 1030. The summed E-state index contributed by atoms with van der Waals surface area (Å²) in [6.45, 7) is 6.92. The van der Waals surface area contributed by atoms with Crippen LogP contribution in [0.1, 0.15) is 37.8 Å². The third-order valence-electron chi connectivity index (χ3n) is 5.04. The third kappa shape index (κ3) is 6.37. The van der Waals surface area contributed by atoms with Gasteiger partial charge in [0.05, 0.1) is 11.1 Å². The van der Waals surface area contributed by atoms with Crippen LogP contribution in [0.5, 0.6) is 5.75 Å². The van der Waals surface area contributed by atoms with Crippen molar-refractivity contribution in [2.45, 2.75) is 57.2 Å². The minimum atomic E-state index is -4.12. The second kappa shape index (κ2) is 10.6. The normalized spacial score (nSPS) is 16.2. The molecular formula is C23H29ClN2O5S. The highest BCUT2D eigenvalue weighted by Gasteiger charge is 2.25. The lowest BCUT2D eigenvalue weighted by molar-refractivity contribution is 0.0791. The highest BCUT2D eigenvalue weighted by Crippen LogP contribution is 2.28. The zero-order chi connectivity index (χ0) is 23.3. The fraction of sp³-hybridized carbons (Fsp3) is 0.435. The van der Waals surface area contributed by atoms with Gasteiger partial charge in [-0.15, -0.1) is 0 Å². The van der Waals surface area contributed by atoms with Crippen molar-refractivity contribution in [3.8, 4) is 5.75 Å². The average Bonchev–Trinajstić information content (AvgIpc) is 3.19. The van der Waals surface area contributed by atoms with E-state index in [1.165, 1.54) is 6.07 Å². The number of nitrogens with zero attached hydrogens (tertiary/aromatic N) is 1. The summed E-state index contributed by atoms with van der Waals surface area (Å²) < 4.78 is 36.8. The predicted octanol–water partition coefficient (Wildman–Crippen LogP) is 4.52. The molecule has 2 aromatic rings. The number of carbonyl (C=O) groups is 1. The second-order valence-corrected chi connectivity index (χ2v) is 10.1. The first-order valence-electron chi connectivity index (χ1n) is 10.6. The van der Waals surface area contributed by atoms with Crippen molar-refractivity contribution in [2.24, 2.45) is 0 Å². The van der Waals surface area contributed by atoms with Gasteiger partial charge in [-0.05, 0) is 62.9 Å². The number of amides is 2. The molecule has 0 bridgehead atoms. The van der Waals surface area contributed by atoms with Crippen LogP contribution in [0, 0.1) is 6.92 Å². The molecule has 2 aromatic carbocycles. The van der Waals surface area contributed by atoms with Gasteiger partial charge in [-0.1, -0.05) is 35.9 Å². The van der Waals surface area contributed by atoms with Crippen LogP contribution < -0.4 is 9.50 Å². The van der Waals surface area contributed by atoms with Crippen LogP contribution in [0.2, 0.25) is 5.02 Å². The van der Waals surface area contributed by atoms with Gasteiger partial charge < -0.3 is 19.1 Å². The van der Waals surface area contributed by atoms with E-state index >= 15 is 0 Å². The molecule has 1 fully saturated rings. The molecule has 7 nitrogen and oxygen atoms in total. The SMILES string of the molecule is Cc1cccc(Cl)c1S(=O)(=O)Oc1cccc(CN(CC2CCCO2)C(=O)NC(C)C)c1. The van der Waals surface area contributed by atoms with E-state index in [9.17, 15) is 13.2 Å². The number of hydrogen-bond acceptors (Lipinski definition) is 5. The van der Waals surface area contributed by atoms with Gasteiger partial charge in [0.2, 0.25) is 0 Å². The standard InChI is InChI=1S/C23H29ClN2O5S/c1-16(2)25-23(27)26(15-20-10-6-12-30-20)14-18-8-5-9-19(13-18)31-32(28,29)22-17(3)7-4-11-21(22)24/h4-5,7-9,11,13,16,20H,6,10,12,14-15H2,1-3H3,(H,25,27). The largest absolute Gasteiger partial charge is 0.379 e. The Morgan fingerprint density at radius 1 is 1.28 bits per heavy atom. The number of halogens is 1. The third-order valence-corrected chi connectivity index (χ3v) is 6.92. The first-order valence-corrected chi connectivity index (χ1v) is 12.4. The molecule has 1 aliphatic rings. The molecule has 0 saturated carbocycles. The number of benzene rings is 2. The Labute approximate surface area is 194 Å². The van der Waals surface area contributed by atoms with Gasteiger partial charge in [0.25, 0.3) is 0 Å². The summed E-state index contributed by atoms with van der Waals surface area (Å²) in [6.07, 6.45) is 1.88. The van der Waals surface area contributed by atoms with E-state index in [0.717, 1.165) is 18.4 Å². The molecular weight excluding hydrogens is 452 g/mol. The Morgan fingerprint density at radius 2 is 2.03 bits per heavy atom. The smallest absolute Gasteiger partial charge is 0.340 e. The molecule has 9 heteroatoms. The molecule has 3 rings (SSSR count). The van der Waals surface area contributed by atoms with Gasteiger partial charge >= 0.3 is 16.1 Å². The van der Waals surface area contributed by atoms with Crippen molar-refractivity contribution >= 4 is 27.8 Å². The van der Waals surface area contributed by atoms with Crippen LogP contribution in [-0.4, -0.2) is 44.6 Å². The Morgan fingerprint density at radius 3 is 2.69 bits per heavy atom. The molecule has 0 aliphatic carbocycles. The average molecular weight is 481 g/mol.